The third kappa shape index (κ3) is 6.14. The molecule has 5 nitrogen and oxygen atoms in total. The van der Waals surface area contributed by atoms with E-state index in [9.17, 15) is 9.59 Å². The lowest BCUT2D eigenvalue weighted by Gasteiger charge is -2.16. The van der Waals surface area contributed by atoms with Crippen LogP contribution in [0.5, 0.6) is 5.75 Å². The Hall–Kier alpha value is -2.64. The molecule has 0 radical (unpaired) electrons. The van der Waals surface area contributed by atoms with E-state index in [1.165, 1.54) is 48.0 Å². The standard InChI is InChI=1S/C28H30BrNO4S/c1-3-18-10-13-24(23(29)15-18)34-14-6-9-25(31)30-27-26(28(32)33-2)22(17-35-27)21-12-11-19-7-4-5-8-20(19)16-21/h10-13,15-17H,3-9,14H2,1-2H3,(H,30,31). The minimum Gasteiger partial charge on any atom is -0.492 e. The van der Waals surface area contributed by atoms with E-state index in [0.717, 1.165) is 40.6 Å². The first-order chi connectivity index (χ1) is 17.0. The summed E-state index contributed by atoms with van der Waals surface area (Å²) in [6, 6.07) is 12.4. The Balaban J connectivity index is 1.40. The largest absolute Gasteiger partial charge is 0.492 e. The van der Waals surface area contributed by atoms with Crippen LogP contribution in [0.4, 0.5) is 5.00 Å². The van der Waals surface area contributed by atoms with Crippen molar-refractivity contribution in [3.8, 4) is 16.9 Å². The molecular weight excluding hydrogens is 526 g/mol. The van der Waals surface area contributed by atoms with Crippen LogP contribution >= 0.6 is 27.3 Å². The van der Waals surface area contributed by atoms with E-state index in [-0.39, 0.29) is 12.3 Å². The van der Waals surface area contributed by atoms with Crippen LogP contribution in [0.3, 0.4) is 0 Å². The number of ether oxygens (including phenoxy) is 2. The SMILES string of the molecule is CCc1ccc(OCCCC(=O)Nc2scc(-c3ccc4c(c3)CCCC4)c2C(=O)OC)c(Br)c1. The van der Waals surface area contributed by atoms with E-state index in [4.69, 9.17) is 9.47 Å². The van der Waals surface area contributed by atoms with Gasteiger partial charge in [-0.15, -0.1) is 11.3 Å². The Morgan fingerprint density at radius 3 is 2.63 bits per heavy atom. The van der Waals surface area contributed by atoms with Gasteiger partial charge in [-0.25, -0.2) is 4.79 Å². The van der Waals surface area contributed by atoms with Crippen LogP contribution in [-0.2, 0) is 28.8 Å². The Morgan fingerprint density at radius 1 is 1.09 bits per heavy atom. The van der Waals surface area contributed by atoms with Crippen LogP contribution in [0.1, 0.15) is 59.7 Å². The molecule has 184 valence electrons. The Labute approximate surface area is 219 Å². The number of esters is 1. The number of fused-ring (bicyclic) bond motifs is 1. The molecule has 1 aliphatic rings. The summed E-state index contributed by atoms with van der Waals surface area (Å²) in [5, 5.41) is 5.36. The zero-order valence-corrected chi connectivity index (χ0v) is 22.5. The maximum Gasteiger partial charge on any atom is 0.341 e. The van der Waals surface area contributed by atoms with Crippen molar-refractivity contribution in [1.82, 2.24) is 0 Å². The molecule has 4 rings (SSSR count). The van der Waals surface area contributed by atoms with Crippen molar-refractivity contribution in [2.75, 3.05) is 19.0 Å². The zero-order chi connectivity index (χ0) is 24.8. The van der Waals surface area contributed by atoms with Crippen molar-refractivity contribution in [2.24, 2.45) is 0 Å². The Bertz CT molecular complexity index is 1220. The number of thiophene rings is 1. The molecule has 1 aromatic heterocycles. The van der Waals surface area contributed by atoms with Crippen LogP contribution in [0.25, 0.3) is 11.1 Å². The summed E-state index contributed by atoms with van der Waals surface area (Å²) < 4.78 is 11.8. The number of halogens is 1. The van der Waals surface area contributed by atoms with E-state index < -0.39 is 5.97 Å². The highest BCUT2D eigenvalue weighted by Crippen LogP contribution is 2.38. The molecule has 0 aliphatic heterocycles. The predicted octanol–water partition coefficient (Wildman–Crippen LogP) is 7.20. The van der Waals surface area contributed by atoms with E-state index in [1.54, 1.807) is 0 Å². The molecular formula is C28H30BrNO4S. The molecule has 1 amide bonds. The van der Waals surface area contributed by atoms with Crippen molar-refractivity contribution < 1.29 is 19.1 Å². The molecule has 1 aliphatic carbocycles. The van der Waals surface area contributed by atoms with Crippen molar-refractivity contribution >= 4 is 44.1 Å². The molecule has 0 atom stereocenters. The lowest BCUT2D eigenvalue weighted by Crippen LogP contribution is -2.15. The van der Waals surface area contributed by atoms with Gasteiger partial charge < -0.3 is 14.8 Å². The third-order valence-corrected chi connectivity index (χ3v) is 7.82. The van der Waals surface area contributed by atoms with Gasteiger partial charge in [0.15, 0.2) is 0 Å². The average molecular weight is 557 g/mol. The summed E-state index contributed by atoms with van der Waals surface area (Å²) in [6.07, 6.45) is 6.39. The summed E-state index contributed by atoms with van der Waals surface area (Å²) in [5.74, 6) is 0.166. The summed E-state index contributed by atoms with van der Waals surface area (Å²) in [6.45, 7) is 2.53. The van der Waals surface area contributed by atoms with Crippen LogP contribution in [0.2, 0.25) is 0 Å². The second-order valence-corrected chi connectivity index (χ2v) is 10.4. The van der Waals surface area contributed by atoms with Crippen molar-refractivity contribution in [3.05, 3.63) is 68.5 Å². The molecule has 1 N–H and O–H groups in total. The van der Waals surface area contributed by atoms with Crippen LogP contribution in [0.15, 0.2) is 46.3 Å². The van der Waals surface area contributed by atoms with Gasteiger partial charge in [0, 0.05) is 17.4 Å². The molecule has 3 aromatic rings. The van der Waals surface area contributed by atoms with Gasteiger partial charge in [-0.3, -0.25) is 4.79 Å². The van der Waals surface area contributed by atoms with Gasteiger partial charge in [0.2, 0.25) is 5.91 Å². The number of rotatable bonds is 9. The van der Waals surface area contributed by atoms with Gasteiger partial charge in [-0.05, 0) is 88.8 Å². The number of carbonyl (C=O) groups is 2. The Kier molecular flexibility index (Phi) is 8.63. The van der Waals surface area contributed by atoms with Crippen LogP contribution < -0.4 is 10.1 Å². The van der Waals surface area contributed by atoms with Crippen LogP contribution in [0, 0.1) is 0 Å². The number of carbonyl (C=O) groups excluding carboxylic acids is 2. The number of nitrogens with one attached hydrogen (secondary N) is 1. The highest BCUT2D eigenvalue weighted by Gasteiger charge is 2.23. The van der Waals surface area contributed by atoms with E-state index in [2.05, 4.69) is 46.4 Å². The fourth-order valence-corrected chi connectivity index (χ4v) is 5.87. The Morgan fingerprint density at radius 2 is 1.89 bits per heavy atom. The summed E-state index contributed by atoms with van der Waals surface area (Å²) in [5.41, 5.74) is 6.16. The number of amides is 1. The van der Waals surface area contributed by atoms with Gasteiger partial charge in [-0.2, -0.15) is 0 Å². The maximum atomic E-state index is 12.7. The average Bonchev–Trinajstić information content (AvgIpc) is 3.29. The first-order valence-electron chi connectivity index (χ1n) is 12.0. The lowest BCUT2D eigenvalue weighted by atomic mass is 9.89. The topological polar surface area (TPSA) is 64.6 Å². The smallest absolute Gasteiger partial charge is 0.341 e. The molecule has 0 saturated heterocycles. The number of aryl methyl sites for hydroxylation is 3. The molecule has 0 bridgehead atoms. The predicted molar refractivity (Wildman–Crippen MR) is 145 cm³/mol. The van der Waals surface area contributed by atoms with Crippen molar-refractivity contribution in [1.29, 1.82) is 0 Å². The second-order valence-electron chi connectivity index (χ2n) is 8.65. The quantitative estimate of drug-likeness (QED) is 0.224. The van der Waals surface area contributed by atoms with Crippen molar-refractivity contribution in [2.45, 2.75) is 51.9 Å². The van der Waals surface area contributed by atoms with E-state index in [0.29, 0.717) is 23.6 Å². The molecule has 2 aromatic carbocycles. The molecule has 0 spiro atoms. The molecule has 1 heterocycles. The summed E-state index contributed by atoms with van der Waals surface area (Å²) in [7, 11) is 1.37. The highest BCUT2D eigenvalue weighted by molar-refractivity contribution is 9.10. The van der Waals surface area contributed by atoms with Gasteiger partial charge >= 0.3 is 5.97 Å². The zero-order valence-electron chi connectivity index (χ0n) is 20.1. The first-order valence-corrected chi connectivity index (χ1v) is 13.7. The van der Waals surface area contributed by atoms with E-state index >= 15 is 0 Å². The normalized spacial score (nSPS) is 12.7. The summed E-state index contributed by atoms with van der Waals surface area (Å²) in [4.78, 5) is 25.3. The molecule has 7 heteroatoms. The molecule has 35 heavy (non-hydrogen) atoms. The minimum absolute atomic E-state index is 0.155. The fraction of sp³-hybridized carbons (Fsp3) is 0.357. The number of anilines is 1. The van der Waals surface area contributed by atoms with Gasteiger partial charge in [0.1, 0.15) is 16.3 Å². The van der Waals surface area contributed by atoms with Gasteiger partial charge in [-0.1, -0.05) is 31.2 Å². The minimum atomic E-state index is -0.446. The lowest BCUT2D eigenvalue weighted by molar-refractivity contribution is -0.116. The molecule has 0 saturated carbocycles. The monoisotopic (exact) mass is 555 g/mol. The van der Waals surface area contributed by atoms with E-state index in [1.807, 2.05) is 23.6 Å². The fourth-order valence-electron chi connectivity index (χ4n) is 4.35. The maximum absolute atomic E-state index is 12.7. The number of benzene rings is 2. The molecule has 0 unspecified atom stereocenters. The summed E-state index contributed by atoms with van der Waals surface area (Å²) >= 11 is 4.89. The van der Waals surface area contributed by atoms with Crippen molar-refractivity contribution in [3.63, 3.8) is 0 Å². The first kappa shape index (κ1) is 25.5. The second kappa shape index (κ2) is 11.9. The van der Waals surface area contributed by atoms with Crippen LogP contribution in [-0.4, -0.2) is 25.6 Å². The molecule has 0 fully saturated rings. The number of methoxy groups -OCH3 is 1. The van der Waals surface area contributed by atoms with Gasteiger partial charge in [0.05, 0.1) is 18.2 Å². The number of hydrogen-bond donors (Lipinski definition) is 1. The van der Waals surface area contributed by atoms with Gasteiger partial charge in [0.25, 0.3) is 0 Å². The third-order valence-electron chi connectivity index (χ3n) is 6.30. The number of hydrogen-bond acceptors (Lipinski definition) is 5. The highest BCUT2D eigenvalue weighted by atomic mass is 79.9.